The summed E-state index contributed by atoms with van der Waals surface area (Å²) in [5.41, 5.74) is 3.12. The summed E-state index contributed by atoms with van der Waals surface area (Å²) in [6, 6.07) is 7.68. The minimum Gasteiger partial charge on any atom is -0.348 e. The highest BCUT2D eigenvalue weighted by molar-refractivity contribution is 7.98. The maximum Gasteiger partial charge on any atom is 0.251 e. The zero-order valence-corrected chi connectivity index (χ0v) is 13.5. The van der Waals surface area contributed by atoms with Crippen molar-refractivity contribution in [1.29, 1.82) is 0 Å². The molecule has 2 heterocycles. The summed E-state index contributed by atoms with van der Waals surface area (Å²) in [6.07, 6.45) is 4.64. The van der Waals surface area contributed by atoms with Crippen LogP contribution in [-0.2, 0) is 5.75 Å². The van der Waals surface area contributed by atoms with E-state index in [-0.39, 0.29) is 5.91 Å². The lowest BCUT2D eigenvalue weighted by Crippen LogP contribution is -2.29. The number of aromatic amines is 1. The van der Waals surface area contributed by atoms with Crippen LogP contribution in [0.4, 0.5) is 0 Å². The van der Waals surface area contributed by atoms with Crippen molar-refractivity contribution in [3.8, 4) is 0 Å². The van der Waals surface area contributed by atoms with Crippen LogP contribution in [0.15, 0.2) is 47.4 Å². The van der Waals surface area contributed by atoms with Crippen LogP contribution in [0.25, 0.3) is 0 Å². The predicted molar refractivity (Wildman–Crippen MR) is 90.3 cm³/mol. The Morgan fingerprint density at radius 1 is 1.30 bits per heavy atom. The number of hydrogen-bond donors (Lipinski definition) is 3. The zero-order chi connectivity index (χ0) is 15.9. The third kappa shape index (κ3) is 4.67. The van der Waals surface area contributed by atoms with E-state index < -0.39 is 0 Å². The number of nitrogens with zero attached hydrogens (tertiary/aromatic N) is 2. The molecule has 1 amide bonds. The molecule has 7 heteroatoms. The fraction of sp³-hybridized carbons (Fsp3) is 0.312. The SMILES string of the molecule is O=C(NCC1=CCNCC1)c1ccc(CSc2ncn[nH]2)cc1. The number of carbonyl (C=O) groups excluding carboxylic acids is 1. The molecule has 0 unspecified atom stereocenters. The van der Waals surface area contributed by atoms with Crippen LogP contribution in [-0.4, -0.2) is 40.7 Å². The van der Waals surface area contributed by atoms with Gasteiger partial charge >= 0.3 is 0 Å². The number of hydrogen-bond acceptors (Lipinski definition) is 5. The average Bonchev–Trinajstić information content (AvgIpc) is 3.13. The van der Waals surface area contributed by atoms with Crippen LogP contribution in [0.3, 0.4) is 0 Å². The van der Waals surface area contributed by atoms with Gasteiger partial charge in [-0.05, 0) is 30.7 Å². The Hall–Kier alpha value is -2.12. The van der Waals surface area contributed by atoms with Gasteiger partial charge in [-0.3, -0.25) is 9.89 Å². The Morgan fingerprint density at radius 2 is 2.17 bits per heavy atom. The van der Waals surface area contributed by atoms with Gasteiger partial charge < -0.3 is 10.6 Å². The molecule has 0 aliphatic carbocycles. The third-order valence-corrected chi connectivity index (χ3v) is 4.57. The van der Waals surface area contributed by atoms with Crippen molar-refractivity contribution in [1.82, 2.24) is 25.8 Å². The lowest BCUT2D eigenvalue weighted by molar-refractivity contribution is 0.0956. The Labute approximate surface area is 139 Å². The van der Waals surface area contributed by atoms with Crippen LogP contribution >= 0.6 is 11.8 Å². The topological polar surface area (TPSA) is 82.7 Å². The van der Waals surface area contributed by atoms with Gasteiger partial charge in [0.05, 0.1) is 0 Å². The molecule has 23 heavy (non-hydrogen) atoms. The first kappa shape index (κ1) is 15.8. The molecule has 0 fully saturated rings. The molecule has 120 valence electrons. The zero-order valence-electron chi connectivity index (χ0n) is 12.7. The molecule has 2 aromatic rings. The molecule has 1 aliphatic heterocycles. The highest BCUT2D eigenvalue weighted by atomic mass is 32.2. The van der Waals surface area contributed by atoms with E-state index >= 15 is 0 Å². The molecular weight excluding hydrogens is 310 g/mol. The highest BCUT2D eigenvalue weighted by Gasteiger charge is 2.08. The van der Waals surface area contributed by atoms with Gasteiger partial charge in [-0.1, -0.05) is 35.5 Å². The molecule has 0 bridgehead atoms. The van der Waals surface area contributed by atoms with Gasteiger partial charge in [-0.2, -0.15) is 5.10 Å². The Balaban J connectivity index is 1.49. The van der Waals surface area contributed by atoms with E-state index in [1.165, 1.54) is 11.9 Å². The van der Waals surface area contributed by atoms with Gasteiger partial charge in [0.25, 0.3) is 5.91 Å². The van der Waals surface area contributed by atoms with Gasteiger partial charge in [0.15, 0.2) is 5.16 Å². The number of benzene rings is 1. The number of rotatable bonds is 6. The molecular formula is C16H19N5OS. The van der Waals surface area contributed by atoms with Crippen molar-refractivity contribution >= 4 is 17.7 Å². The maximum atomic E-state index is 12.2. The van der Waals surface area contributed by atoms with Crippen LogP contribution < -0.4 is 10.6 Å². The second-order valence-electron chi connectivity index (χ2n) is 5.28. The van der Waals surface area contributed by atoms with Crippen molar-refractivity contribution < 1.29 is 4.79 Å². The summed E-state index contributed by atoms with van der Waals surface area (Å²) in [5, 5.41) is 13.7. The Morgan fingerprint density at radius 3 is 2.87 bits per heavy atom. The quantitative estimate of drug-likeness (QED) is 0.555. The first-order valence-electron chi connectivity index (χ1n) is 7.55. The fourth-order valence-electron chi connectivity index (χ4n) is 2.29. The molecule has 0 atom stereocenters. The Kier molecular flexibility index (Phi) is 5.44. The smallest absolute Gasteiger partial charge is 0.251 e. The lowest BCUT2D eigenvalue weighted by Gasteiger charge is -2.14. The summed E-state index contributed by atoms with van der Waals surface area (Å²) in [6.45, 7) is 2.51. The van der Waals surface area contributed by atoms with Crippen LogP contribution in [0.5, 0.6) is 0 Å². The minimum absolute atomic E-state index is 0.0288. The molecule has 3 rings (SSSR count). The second-order valence-corrected chi connectivity index (χ2v) is 6.24. The van der Waals surface area contributed by atoms with Gasteiger partial charge in [0, 0.05) is 24.4 Å². The highest BCUT2D eigenvalue weighted by Crippen LogP contribution is 2.18. The first-order chi connectivity index (χ1) is 11.3. The molecule has 0 saturated carbocycles. The number of nitrogens with one attached hydrogen (secondary N) is 3. The number of thioether (sulfide) groups is 1. The third-order valence-electron chi connectivity index (χ3n) is 3.62. The molecule has 3 N–H and O–H groups in total. The number of H-pyrrole nitrogens is 1. The van der Waals surface area contributed by atoms with Crippen LogP contribution in [0, 0.1) is 0 Å². The molecule has 1 aromatic heterocycles. The summed E-state index contributed by atoms with van der Waals surface area (Å²) in [7, 11) is 0. The summed E-state index contributed by atoms with van der Waals surface area (Å²) < 4.78 is 0. The van der Waals surface area contributed by atoms with Crippen LogP contribution in [0.2, 0.25) is 0 Å². The molecule has 1 aliphatic rings. The van der Waals surface area contributed by atoms with E-state index in [1.54, 1.807) is 11.8 Å². The van der Waals surface area contributed by atoms with Crippen molar-refractivity contribution in [2.24, 2.45) is 0 Å². The predicted octanol–water partition coefficient (Wildman–Crippen LogP) is 1.75. The van der Waals surface area contributed by atoms with E-state index in [2.05, 4.69) is 31.9 Å². The monoisotopic (exact) mass is 329 g/mol. The van der Waals surface area contributed by atoms with Crippen molar-refractivity contribution in [2.45, 2.75) is 17.3 Å². The van der Waals surface area contributed by atoms with Crippen molar-refractivity contribution in [2.75, 3.05) is 19.6 Å². The van der Waals surface area contributed by atoms with Crippen molar-refractivity contribution in [3.63, 3.8) is 0 Å². The number of amides is 1. The first-order valence-corrected chi connectivity index (χ1v) is 8.54. The average molecular weight is 329 g/mol. The lowest BCUT2D eigenvalue weighted by atomic mass is 10.1. The molecule has 0 saturated heterocycles. The van der Waals surface area contributed by atoms with Gasteiger partial charge in [-0.25, -0.2) is 4.98 Å². The van der Waals surface area contributed by atoms with E-state index in [1.807, 2.05) is 24.3 Å². The van der Waals surface area contributed by atoms with Gasteiger partial charge in [0.1, 0.15) is 6.33 Å². The van der Waals surface area contributed by atoms with E-state index in [0.29, 0.717) is 12.1 Å². The maximum absolute atomic E-state index is 12.2. The molecule has 1 aromatic carbocycles. The molecule has 0 spiro atoms. The van der Waals surface area contributed by atoms with E-state index in [9.17, 15) is 4.79 Å². The summed E-state index contributed by atoms with van der Waals surface area (Å²) in [4.78, 5) is 16.2. The van der Waals surface area contributed by atoms with E-state index in [0.717, 1.165) is 36.0 Å². The van der Waals surface area contributed by atoms with Gasteiger partial charge in [0.2, 0.25) is 0 Å². The minimum atomic E-state index is -0.0288. The number of carbonyl (C=O) groups is 1. The van der Waals surface area contributed by atoms with E-state index in [4.69, 9.17) is 0 Å². The summed E-state index contributed by atoms with van der Waals surface area (Å²) >= 11 is 1.58. The largest absolute Gasteiger partial charge is 0.348 e. The molecule has 0 radical (unpaired) electrons. The second kappa shape index (κ2) is 7.94. The normalized spacial score (nSPS) is 14.3. The van der Waals surface area contributed by atoms with Crippen molar-refractivity contribution in [3.05, 3.63) is 53.4 Å². The van der Waals surface area contributed by atoms with Crippen LogP contribution in [0.1, 0.15) is 22.3 Å². The molecule has 6 nitrogen and oxygen atoms in total. The summed E-state index contributed by atoms with van der Waals surface area (Å²) in [5.74, 6) is 0.760. The standard InChI is InChI=1S/C16H19N5OS/c22-15(18-9-12-5-7-17-8-6-12)14-3-1-13(2-4-14)10-23-16-19-11-20-21-16/h1-5,11,17H,6-10H2,(H,18,22)(H,19,20,21). The van der Waals surface area contributed by atoms with Gasteiger partial charge in [-0.15, -0.1) is 0 Å². The number of aromatic nitrogens is 3. The Bertz CT molecular complexity index is 666. The fourth-order valence-corrected chi connectivity index (χ4v) is 3.03.